The summed E-state index contributed by atoms with van der Waals surface area (Å²) in [6.45, 7) is 6.03. The van der Waals surface area contributed by atoms with Crippen LogP contribution in [0.5, 0.6) is 0 Å². The zero-order valence-electron chi connectivity index (χ0n) is 10.5. The summed E-state index contributed by atoms with van der Waals surface area (Å²) in [6, 6.07) is 0. The molecule has 2 heteroatoms. The molecule has 0 saturated carbocycles. The van der Waals surface area contributed by atoms with Gasteiger partial charge in [0.15, 0.2) is 0 Å². The van der Waals surface area contributed by atoms with Crippen molar-refractivity contribution >= 4 is 5.97 Å². The van der Waals surface area contributed by atoms with E-state index in [4.69, 9.17) is 5.11 Å². The second-order valence-electron chi connectivity index (χ2n) is 4.74. The molecule has 2 nitrogen and oxygen atoms in total. The van der Waals surface area contributed by atoms with E-state index in [1.165, 1.54) is 32.1 Å². The molecule has 0 radical (unpaired) electrons. The van der Waals surface area contributed by atoms with Crippen LogP contribution in [-0.2, 0) is 4.79 Å². The Morgan fingerprint density at radius 1 is 1.07 bits per heavy atom. The lowest BCUT2D eigenvalue weighted by atomic mass is 9.82. The summed E-state index contributed by atoms with van der Waals surface area (Å²) in [4.78, 5) is 11.0. The Morgan fingerprint density at radius 2 is 1.60 bits per heavy atom. The van der Waals surface area contributed by atoms with Crippen molar-refractivity contribution in [2.75, 3.05) is 0 Å². The Bertz CT molecular complexity index is 177. The molecule has 0 fully saturated rings. The van der Waals surface area contributed by atoms with Gasteiger partial charge in [-0.3, -0.25) is 4.79 Å². The van der Waals surface area contributed by atoms with Gasteiger partial charge in [0.05, 0.1) is 5.41 Å². The number of aliphatic carboxylic acids is 1. The Morgan fingerprint density at radius 3 is 2.07 bits per heavy atom. The number of carbonyl (C=O) groups is 1. The second kappa shape index (κ2) is 7.72. The maximum atomic E-state index is 11.0. The molecule has 0 aliphatic carbocycles. The summed E-state index contributed by atoms with van der Waals surface area (Å²) in [5, 5.41) is 9.07. The third-order valence-electron chi connectivity index (χ3n) is 3.38. The largest absolute Gasteiger partial charge is 0.481 e. The Kier molecular flexibility index (Phi) is 7.45. The number of hydrogen-bond donors (Lipinski definition) is 1. The van der Waals surface area contributed by atoms with E-state index in [0.717, 1.165) is 19.3 Å². The second-order valence-corrected chi connectivity index (χ2v) is 4.74. The molecule has 0 saturated heterocycles. The van der Waals surface area contributed by atoms with E-state index in [-0.39, 0.29) is 0 Å². The number of unbranched alkanes of at least 4 members (excludes halogenated alkanes) is 5. The summed E-state index contributed by atoms with van der Waals surface area (Å²) in [5.74, 6) is -0.640. The van der Waals surface area contributed by atoms with Crippen molar-refractivity contribution in [1.29, 1.82) is 0 Å². The summed E-state index contributed by atoms with van der Waals surface area (Å²) < 4.78 is 0. The molecule has 0 spiro atoms. The van der Waals surface area contributed by atoms with Gasteiger partial charge in [-0.05, 0) is 19.8 Å². The molecule has 1 atom stereocenters. The van der Waals surface area contributed by atoms with Crippen molar-refractivity contribution in [2.24, 2.45) is 5.41 Å². The van der Waals surface area contributed by atoms with Gasteiger partial charge in [0.2, 0.25) is 0 Å². The molecular formula is C13H26O2. The van der Waals surface area contributed by atoms with E-state index in [1.807, 2.05) is 13.8 Å². The molecule has 1 N–H and O–H groups in total. The Balaban J connectivity index is 3.60. The zero-order chi connectivity index (χ0) is 11.7. The summed E-state index contributed by atoms with van der Waals surface area (Å²) in [6.07, 6.45) is 8.93. The minimum absolute atomic E-state index is 0.495. The van der Waals surface area contributed by atoms with E-state index in [1.54, 1.807) is 0 Å². The van der Waals surface area contributed by atoms with Crippen LogP contribution in [0.15, 0.2) is 0 Å². The molecule has 15 heavy (non-hydrogen) atoms. The van der Waals surface area contributed by atoms with Crippen molar-refractivity contribution in [2.45, 2.75) is 72.1 Å². The normalized spacial score (nSPS) is 14.9. The van der Waals surface area contributed by atoms with Crippen LogP contribution < -0.4 is 0 Å². The van der Waals surface area contributed by atoms with E-state index in [9.17, 15) is 4.79 Å². The summed E-state index contributed by atoms with van der Waals surface area (Å²) in [7, 11) is 0. The van der Waals surface area contributed by atoms with Crippen molar-refractivity contribution < 1.29 is 9.90 Å². The Hall–Kier alpha value is -0.530. The van der Waals surface area contributed by atoms with Crippen molar-refractivity contribution in [3.63, 3.8) is 0 Å². The highest BCUT2D eigenvalue weighted by Crippen LogP contribution is 2.28. The molecule has 0 aromatic heterocycles. The van der Waals surface area contributed by atoms with Gasteiger partial charge < -0.3 is 5.11 Å². The van der Waals surface area contributed by atoms with Crippen molar-refractivity contribution in [3.05, 3.63) is 0 Å². The van der Waals surface area contributed by atoms with E-state index < -0.39 is 11.4 Å². The predicted molar refractivity (Wildman–Crippen MR) is 64.0 cm³/mol. The number of hydrogen-bond acceptors (Lipinski definition) is 1. The molecule has 0 bridgehead atoms. The highest BCUT2D eigenvalue weighted by atomic mass is 16.4. The van der Waals surface area contributed by atoms with E-state index >= 15 is 0 Å². The SMILES string of the molecule is CCCCCCCCC(C)(CC)C(=O)O. The standard InChI is InChI=1S/C13H26O2/c1-4-6-7-8-9-10-11-13(3,5-2)12(14)15/h4-11H2,1-3H3,(H,14,15). The third kappa shape index (κ3) is 5.81. The fourth-order valence-corrected chi connectivity index (χ4v) is 1.73. The molecule has 0 aromatic rings. The van der Waals surface area contributed by atoms with Crippen molar-refractivity contribution in [1.82, 2.24) is 0 Å². The number of rotatable bonds is 9. The first kappa shape index (κ1) is 14.5. The summed E-state index contributed by atoms with van der Waals surface area (Å²) in [5.41, 5.74) is -0.495. The highest BCUT2D eigenvalue weighted by Gasteiger charge is 2.29. The lowest BCUT2D eigenvalue weighted by Gasteiger charge is -2.22. The molecule has 0 rings (SSSR count). The first-order valence-corrected chi connectivity index (χ1v) is 6.30. The lowest BCUT2D eigenvalue weighted by molar-refractivity contribution is -0.148. The highest BCUT2D eigenvalue weighted by molar-refractivity contribution is 5.73. The first-order chi connectivity index (χ1) is 7.06. The van der Waals surface area contributed by atoms with Gasteiger partial charge in [0.1, 0.15) is 0 Å². The fourth-order valence-electron chi connectivity index (χ4n) is 1.73. The van der Waals surface area contributed by atoms with E-state index in [0.29, 0.717) is 0 Å². The van der Waals surface area contributed by atoms with Crippen LogP contribution in [0, 0.1) is 5.41 Å². The minimum Gasteiger partial charge on any atom is -0.481 e. The summed E-state index contributed by atoms with van der Waals surface area (Å²) >= 11 is 0. The molecule has 0 aliphatic rings. The monoisotopic (exact) mass is 214 g/mol. The smallest absolute Gasteiger partial charge is 0.309 e. The zero-order valence-corrected chi connectivity index (χ0v) is 10.5. The fraction of sp³-hybridized carbons (Fsp3) is 0.923. The van der Waals surface area contributed by atoms with Crippen LogP contribution in [0.3, 0.4) is 0 Å². The van der Waals surface area contributed by atoms with Gasteiger partial charge in [0, 0.05) is 0 Å². The maximum Gasteiger partial charge on any atom is 0.309 e. The van der Waals surface area contributed by atoms with Crippen LogP contribution >= 0.6 is 0 Å². The van der Waals surface area contributed by atoms with Gasteiger partial charge in [0.25, 0.3) is 0 Å². The quantitative estimate of drug-likeness (QED) is 0.583. The lowest BCUT2D eigenvalue weighted by Crippen LogP contribution is -2.26. The number of carboxylic acids is 1. The minimum atomic E-state index is -0.640. The third-order valence-corrected chi connectivity index (χ3v) is 3.38. The molecule has 0 heterocycles. The molecule has 0 amide bonds. The molecular weight excluding hydrogens is 188 g/mol. The van der Waals surface area contributed by atoms with E-state index in [2.05, 4.69) is 6.92 Å². The molecule has 0 aromatic carbocycles. The van der Waals surface area contributed by atoms with Crippen molar-refractivity contribution in [3.8, 4) is 0 Å². The van der Waals surface area contributed by atoms with Crippen LogP contribution in [-0.4, -0.2) is 11.1 Å². The van der Waals surface area contributed by atoms with Crippen LogP contribution in [0.2, 0.25) is 0 Å². The topological polar surface area (TPSA) is 37.3 Å². The van der Waals surface area contributed by atoms with Gasteiger partial charge >= 0.3 is 5.97 Å². The predicted octanol–water partition coefficient (Wildman–Crippen LogP) is 4.24. The average Bonchev–Trinajstić information content (AvgIpc) is 2.22. The molecule has 0 aliphatic heterocycles. The van der Waals surface area contributed by atoms with Crippen LogP contribution in [0.4, 0.5) is 0 Å². The van der Waals surface area contributed by atoms with Crippen LogP contribution in [0.1, 0.15) is 72.1 Å². The van der Waals surface area contributed by atoms with Crippen LogP contribution in [0.25, 0.3) is 0 Å². The first-order valence-electron chi connectivity index (χ1n) is 6.30. The van der Waals surface area contributed by atoms with Gasteiger partial charge in [-0.15, -0.1) is 0 Å². The molecule has 1 unspecified atom stereocenters. The molecule has 90 valence electrons. The van der Waals surface area contributed by atoms with Gasteiger partial charge in [-0.2, -0.15) is 0 Å². The Labute approximate surface area is 94.1 Å². The average molecular weight is 214 g/mol. The number of carboxylic acid groups (broad SMARTS) is 1. The maximum absolute atomic E-state index is 11.0. The van der Waals surface area contributed by atoms with Gasteiger partial charge in [-0.1, -0.05) is 52.4 Å². The van der Waals surface area contributed by atoms with Gasteiger partial charge in [-0.25, -0.2) is 0 Å².